The number of halogens is 1. The van der Waals surface area contributed by atoms with Crippen LogP contribution in [0, 0.1) is 0 Å². The van der Waals surface area contributed by atoms with Crippen molar-refractivity contribution >= 4 is 49.9 Å². The third kappa shape index (κ3) is 2.76. The standard InChI is InChI=1S/C16H18BrN5OS/c1-2-24-16-19-11-8-13(17)22-12(5-6-18-22)14(11)15(20-16)21-7-3-4-10(23)9-21/h5-6,8,10,23H,2-4,7,9H2,1H3. The monoisotopic (exact) mass is 407 g/mol. The lowest BCUT2D eigenvalue weighted by Gasteiger charge is -2.32. The minimum atomic E-state index is -0.303. The average molecular weight is 408 g/mol. The van der Waals surface area contributed by atoms with Crippen LogP contribution in [0.3, 0.4) is 0 Å². The quantitative estimate of drug-likeness (QED) is 0.408. The second kappa shape index (κ2) is 6.50. The predicted molar refractivity (Wildman–Crippen MR) is 99.8 cm³/mol. The Bertz CT molecular complexity index is 899. The molecule has 0 radical (unpaired) electrons. The Morgan fingerprint density at radius 2 is 2.29 bits per heavy atom. The third-order valence-electron chi connectivity index (χ3n) is 4.22. The van der Waals surface area contributed by atoms with Gasteiger partial charge in [0.2, 0.25) is 0 Å². The molecule has 0 bridgehead atoms. The summed E-state index contributed by atoms with van der Waals surface area (Å²) >= 11 is 5.20. The Balaban J connectivity index is 1.99. The SMILES string of the molecule is CCSc1nc(N2CCCC(O)C2)c2c(cc(Br)n3nccc23)n1. The van der Waals surface area contributed by atoms with Gasteiger partial charge in [0.05, 0.1) is 28.7 Å². The number of aliphatic hydroxyl groups is 1. The van der Waals surface area contributed by atoms with E-state index in [1.807, 2.05) is 16.6 Å². The highest BCUT2D eigenvalue weighted by atomic mass is 79.9. The molecule has 1 aliphatic heterocycles. The van der Waals surface area contributed by atoms with E-state index in [2.05, 4.69) is 32.9 Å². The topological polar surface area (TPSA) is 66.5 Å². The van der Waals surface area contributed by atoms with Crippen LogP contribution >= 0.6 is 27.7 Å². The van der Waals surface area contributed by atoms with E-state index in [1.54, 1.807) is 18.0 Å². The molecular weight excluding hydrogens is 390 g/mol. The van der Waals surface area contributed by atoms with Crippen molar-refractivity contribution in [3.8, 4) is 0 Å². The molecule has 1 N–H and O–H groups in total. The van der Waals surface area contributed by atoms with E-state index in [9.17, 15) is 5.11 Å². The summed E-state index contributed by atoms with van der Waals surface area (Å²) in [7, 11) is 0. The molecule has 1 unspecified atom stereocenters. The van der Waals surface area contributed by atoms with Crippen LogP contribution in [0.4, 0.5) is 5.82 Å². The molecular formula is C16H18BrN5OS. The number of pyridine rings is 1. The number of thioether (sulfide) groups is 1. The molecule has 1 aliphatic rings. The van der Waals surface area contributed by atoms with E-state index in [1.165, 1.54) is 0 Å². The number of rotatable bonds is 3. The first-order chi connectivity index (χ1) is 11.7. The molecule has 1 atom stereocenters. The lowest BCUT2D eigenvalue weighted by atomic mass is 10.1. The molecule has 1 saturated heterocycles. The van der Waals surface area contributed by atoms with Gasteiger partial charge >= 0.3 is 0 Å². The van der Waals surface area contributed by atoms with Gasteiger partial charge in [-0.3, -0.25) is 0 Å². The minimum Gasteiger partial charge on any atom is -0.391 e. The highest BCUT2D eigenvalue weighted by molar-refractivity contribution is 9.10. The summed E-state index contributed by atoms with van der Waals surface area (Å²) in [6.07, 6.45) is 3.30. The molecule has 1 fully saturated rings. The van der Waals surface area contributed by atoms with Crippen molar-refractivity contribution < 1.29 is 5.11 Å². The van der Waals surface area contributed by atoms with E-state index >= 15 is 0 Å². The number of hydrogen-bond donors (Lipinski definition) is 1. The van der Waals surface area contributed by atoms with Gasteiger partial charge in [0.15, 0.2) is 5.16 Å². The molecule has 3 aromatic heterocycles. The van der Waals surface area contributed by atoms with Crippen LogP contribution < -0.4 is 4.90 Å². The van der Waals surface area contributed by atoms with Crippen LogP contribution in [0.2, 0.25) is 0 Å². The zero-order valence-corrected chi connectivity index (χ0v) is 15.7. The molecule has 6 nitrogen and oxygen atoms in total. The lowest BCUT2D eigenvalue weighted by Crippen LogP contribution is -2.39. The van der Waals surface area contributed by atoms with Gasteiger partial charge in [-0.05, 0) is 46.7 Å². The number of hydrogen-bond acceptors (Lipinski definition) is 6. The van der Waals surface area contributed by atoms with Gasteiger partial charge in [0.25, 0.3) is 0 Å². The maximum Gasteiger partial charge on any atom is 0.190 e. The highest BCUT2D eigenvalue weighted by Crippen LogP contribution is 2.33. The van der Waals surface area contributed by atoms with Gasteiger partial charge in [-0.2, -0.15) is 5.10 Å². The number of nitrogens with zero attached hydrogens (tertiary/aromatic N) is 5. The summed E-state index contributed by atoms with van der Waals surface area (Å²) < 4.78 is 2.72. The Morgan fingerprint density at radius 1 is 1.42 bits per heavy atom. The van der Waals surface area contributed by atoms with E-state index in [0.29, 0.717) is 6.54 Å². The van der Waals surface area contributed by atoms with Gasteiger partial charge in [0.1, 0.15) is 10.4 Å². The molecule has 24 heavy (non-hydrogen) atoms. The van der Waals surface area contributed by atoms with Crippen molar-refractivity contribution in [1.29, 1.82) is 0 Å². The predicted octanol–water partition coefficient (Wildman–Crippen LogP) is 3.11. The van der Waals surface area contributed by atoms with E-state index in [4.69, 9.17) is 9.97 Å². The first kappa shape index (κ1) is 16.1. The van der Waals surface area contributed by atoms with E-state index in [0.717, 1.165) is 57.1 Å². The first-order valence-electron chi connectivity index (χ1n) is 8.07. The Hall–Kier alpha value is -1.38. The van der Waals surface area contributed by atoms with Crippen molar-refractivity contribution in [2.45, 2.75) is 31.0 Å². The Kier molecular flexibility index (Phi) is 4.36. The molecule has 3 aromatic rings. The Labute approximate surface area is 152 Å². The molecule has 0 spiro atoms. The molecule has 0 saturated carbocycles. The van der Waals surface area contributed by atoms with Gasteiger partial charge in [-0.15, -0.1) is 0 Å². The van der Waals surface area contributed by atoms with Gasteiger partial charge in [-0.25, -0.2) is 14.5 Å². The van der Waals surface area contributed by atoms with Crippen LogP contribution in [-0.4, -0.2) is 49.6 Å². The van der Waals surface area contributed by atoms with Crippen molar-refractivity contribution in [2.24, 2.45) is 0 Å². The van der Waals surface area contributed by atoms with Crippen LogP contribution in [0.1, 0.15) is 19.8 Å². The number of aliphatic hydroxyl groups excluding tert-OH is 1. The minimum absolute atomic E-state index is 0.303. The van der Waals surface area contributed by atoms with Crippen molar-refractivity contribution in [3.05, 3.63) is 22.9 Å². The van der Waals surface area contributed by atoms with Crippen molar-refractivity contribution in [2.75, 3.05) is 23.7 Å². The average Bonchev–Trinajstić information content (AvgIpc) is 3.05. The second-order valence-corrected chi connectivity index (χ2v) is 7.90. The van der Waals surface area contributed by atoms with Gasteiger partial charge < -0.3 is 10.0 Å². The molecule has 0 aromatic carbocycles. The fourth-order valence-electron chi connectivity index (χ4n) is 3.20. The second-order valence-electron chi connectivity index (χ2n) is 5.86. The number of fused-ring (bicyclic) bond motifs is 3. The molecule has 0 aliphatic carbocycles. The smallest absolute Gasteiger partial charge is 0.190 e. The van der Waals surface area contributed by atoms with Crippen LogP contribution in [0.25, 0.3) is 16.4 Å². The van der Waals surface area contributed by atoms with Crippen LogP contribution in [0.15, 0.2) is 28.1 Å². The largest absolute Gasteiger partial charge is 0.391 e. The van der Waals surface area contributed by atoms with Crippen LogP contribution in [-0.2, 0) is 0 Å². The summed E-state index contributed by atoms with van der Waals surface area (Å²) in [5, 5.41) is 16.2. The van der Waals surface area contributed by atoms with E-state index in [-0.39, 0.29) is 6.10 Å². The van der Waals surface area contributed by atoms with Crippen molar-refractivity contribution in [3.63, 3.8) is 0 Å². The number of piperidine rings is 1. The Morgan fingerprint density at radius 3 is 3.08 bits per heavy atom. The normalized spacial score (nSPS) is 18.6. The molecule has 0 amide bonds. The lowest BCUT2D eigenvalue weighted by molar-refractivity contribution is 0.154. The van der Waals surface area contributed by atoms with Crippen LogP contribution in [0.5, 0.6) is 0 Å². The summed E-state index contributed by atoms with van der Waals surface area (Å²) in [4.78, 5) is 11.7. The molecule has 4 rings (SSSR count). The fourth-order valence-corrected chi connectivity index (χ4v) is 4.27. The molecule has 126 valence electrons. The van der Waals surface area contributed by atoms with E-state index < -0.39 is 0 Å². The highest BCUT2D eigenvalue weighted by Gasteiger charge is 2.23. The maximum absolute atomic E-state index is 10.1. The maximum atomic E-state index is 10.1. The zero-order valence-electron chi connectivity index (χ0n) is 13.3. The summed E-state index contributed by atoms with van der Waals surface area (Å²) in [5.41, 5.74) is 1.87. The number of anilines is 1. The zero-order chi connectivity index (χ0) is 16.7. The first-order valence-corrected chi connectivity index (χ1v) is 9.85. The summed E-state index contributed by atoms with van der Waals surface area (Å²) in [5.74, 6) is 1.82. The summed E-state index contributed by atoms with van der Waals surface area (Å²) in [6, 6.07) is 3.97. The molecule has 8 heteroatoms. The van der Waals surface area contributed by atoms with Gasteiger partial charge in [0, 0.05) is 13.1 Å². The number of aromatic nitrogens is 4. The summed E-state index contributed by atoms with van der Waals surface area (Å²) in [6.45, 7) is 3.60. The van der Waals surface area contributed by atoms with Crippen molar-refractivity contribution in [1.82, 2.24) is 19.6 Å². The third-order valence-corrected chi connectivity index (χ3v) is 5.52. The fraction of sp³-hybridized carbons (Fsp3) is 0.438. The number of β-amino-alcohol motifs (C(OH)–C–C–N with tert-alkyl or cyclic N) is 1. The van der Waals surface area contributed by atoms with Gasteiger partial charge in [-0.1, -0.05) is 18.7 Å². The molecule has 4 heterocycles.